The van der Waals surface area contributed by atoms with Crippen molar-refractivity contribution in [2.45, 2.75) is 0 Å². The Morgan fingerprint density at radius 1 is 1.16 bits per heavy atom. The quantitative estimate of drug-likeness (QED) is 0.520. The fourth-order valence-electron chi connectivity index (χ4n) is 1.59. The topological polar surface area (TPSA) is 63.4 Å². The standard InChI is InChI=1S/C14H10ClNO3/c15-12-3-1-2-10(8-12)4-5-11-9-13(16(18)19)6-7-14(11)17/h1-9,17H/b5-4+. The van der Waals surface area contributed by atoms with Crippen LogP contribution >= 0.6 is 11.6 Å². The van der Waals surface area contributed by atoms with Crippen molar-refractivity contribution in [3.05, 3.63) is 68.7 Å². The second-order valence-electron chi connectivity index (χ2n) is 3.89. The zero-order valence-electron chi connectivity index (χ0n) is 9.79. The Balaban J connectivity index is 2.32. The first kappa shape index (κ1) is 13.1. The maximum Gasteiger partial charge on any atom is 0.270 e. The first-order valence-electron chi connectivity index (χ1n) is 5.47. The van der Waals surface area contributed by atoms with Gasteiger partial charge in [0.15, 0.2) is 0 Å². The summed E-state index contributed by atoms with van der Waals surface area (Å²) in [4.78, 5) is 10.2. The number of phenols is 1. The van der Waals surface area contributed by atoms with Crippen LogP contribution in [0.5, 0.6) is 5.75 Å². The van der Waals surface area contributed by atoms with Crippen LogP contribution < -0.4 is 0 Å². The lowest BCUT2D eigenvalue weighted by Gasteiger charge is -1.99. The van der Waals surface area contributed by atoms with Crippen LogP contribution in [-0.2, 0) is 0 Å². The maximum absolute atomic E-state index is 10.7. The van der Waals surface area contributed by atoms with Gasteiger partial charge in [-0.05, 0) is 23.8 Å². The molecule has 0 fully saturated rings. The van der Waals surface area contributed by atoms with E-state index in [1.807, 2.05) is 6.07 Å². The van der Waals surface area contributed by atoms with Gasteiger partial charge in [-0.25, -0.2) is 0 Å². The van der Waals surface area contributed by atoms with Gasteiger partial charge in [-0.15, -0.1) is 0 Å². The second-order valence-corrected chi connectivity index (χ2v) is 4.33. The van der Waals surface area contributed by atoms with Crippen LogP contribution in [0, 0.1) is 10.1 Å². The van der Waals surface area contributed by atoms with Gasteiger partial charge in [0, 0.05) is 22.7 Å². The Labute approximate surface area is 114 Å². The Hall–Kier alpha value is -2.33. The van der Waals surface area contributed by atoms with Gasteiger partial charge in [0.25, 0.3) is 5.69 Å². The number of nitro benzene ring substituents is 1. The monoisotopic (exact) mass is 275 g/mol. The number of nitro groups is 1. The van der Waals surface area contributed by atoms with Crippen LogP contribution in [0.1, 0.15) is 11.1 Å². The zero-order chi connectivity index (χ0) is 13.8. The molecule has 0 aliphatic rings. The number of benzene rings is 2. The van der Waals surface area contributed by atoms with Crippen LogP contribution in [0.25, 0.3) is 12.2 Å². The molecule has 2 rings (SSSR count). The fraction of sp³-hybridized carbons (Fsp3) is 0. The molecule has 0 radical (unpaired) electrons. The third-order valence-electron chi connectivity index (χ3n) is 2.53. The Bertz CT molecular complexity index is 653. The van der Waals surface area contributed by atoms with E-state index in [1.165, 1.54) is 18.2 Å². The van der Waals surface area contributed by atoms with Crippen molar-refractivity contribution in [2.24, 2.45) is 0 Å². The van der Waals surface area contributed by atoms with Gasteiger partial charge >= 0.3 is 0 Å². The molecule has 1 N–H and O–H groups in total. The van der Waals surface area contributed by atoms with Crippen molar-refractivity contribution < 1.29 is 10.0 Å². The highest BCUT2D eigenvalue weighted by molar-refractivity contribution is 6.30. The van der Waals surface area contributed by atoms with Gasteiger partial charge < -0.3 is 5.11 Å². The van der Waals surface area contributed by atoms with E-state index in [1.54, 1.807) is 30.4 Å². The van der Waals surface area contributed by atoms with Crippen molar-refractivity contribution in [3.8, 4) is 5.75 Å². The van der Waals surface area contributed by atoms with E-state index >= 15 is 0 Å². The molecule has 5 heteroatoms. The third-order valence-corrected chi connectivity index (χ3v) is 2.76. The molecule has 0 saturated heterocycles. The summed E-state index contributed by atoms with van der Waals surface area (Å²) in [6, 6.07) is 11.0. The SMILES string of the molecule is O=[N+]([O-])c1ccc(O)c(/C=C/c2cccc(Cl)c2)c1. The number of hydrogen-bond acceptors (Lipinski definition) is 3. The summed E-state index contributed by atoms with van der Waals surface area (Å²) in [6.45, 7) is 0. The molecular formula is C14H10ClNO3. The lowest BCUT2D eigenvalue weighted by molar-refractivity contribution is -0.384. The van der Waals surface area contributed by atoms with E-state index in [4.69, 9.17) is 11.6 Å². The van der Waals surface area contributed by atoms with Crippen LogP contribution in [0.2, 0.25) is 5.02 Å². The fourth-order valence-corrected chi connectivity index (χ4v) is 1.78. The molecule has 0 spiro atoms. The minimum atomic E-state index is -0.504. The van der Waals surface area contributed by atoms with Crippen molar-refractivity contribution in [1.29, 1.82) is 0 Å². The molecule has 0 bridgehead atoms. The van der Waals surface area contributed by atoms with Crippen molar-refractivity contribution >= 4 is 29.4 Å². The molecule has 4 nitrogen and oxygen atoms in total. The lowest BCUT2D eigenvalue weighted by atomic mass is 10.1. The normalized spacial score (nSPS) is 10.8. The molecule has 0 saturated carbocycles. The van der Waals surface area contributed by atoms with E-state index < -0.39 is 4.92 Å². The van der Waals surface area contributed by atoms with E-state index in [0.717, 1.165) is 5.56 Å². The summed E-state index contributed by atoms with van der Waals surface area (Å²) in [5.74, 6) is -0.0103. The number of nitrogens with zero attached hydrogens (tertiary/aromatic N) is 1. The molecule has 96 valence electrons. The highest BCUT2D eigenvalue weighted by Crippen LogP contribution is 2.25. The minimum Gasteiger partial charge on any atom is -0.507 e. The molecule has 0 aliphatic carbocycles. The Morgan fingerprint density at radius 2 is 1.95 bits per heavy atom. The number of hydrogen-bond donors (Lipinski definition) is 1. The summed E-state index contributed by atoms with van der Waals surface area (Å²) < 4.78 is 0. The summed E-state index contributed by atoms with van der Waals surface area (Å²) in [7, 11) is 0. The summed E-state index contributed by atoms with van der Waals surface area (Å²) in [5.41, 5.74) is 1.16. The third kappa shape index (κ3) is 3.33. The van der Waals surface area contributed by atoms with Crippen molar-refractivity contribution in [3.63, 3.8) is 0 Å². The highest BCUT2D eigenvalue weighted by Gasteiger charge is 2.07. The highest BCUT2D eigenvalue weighted by atomic mass is 35.5. The van der Waals surface area contributed by atoms with Crippen LogP contribution in [0.15, 0.2) is 42.5 Å². The molecule has 2 aromatic carbocycles. The predicted molar refractivity (Wildman–Crippen MR) is 75.1 cm³/mol. The molecule has 0 amide bonds. The first-order chi connectivity index (χ1) is 9.06. The molecule has 0 aromatic heterocycles. The molecule has 0 heterocycles. The summed E-state index contributed by atoms with van der Waals surface area (Å²) in [5, 5.41) is 20.9. The summed E-state index contributed by atoms with van der Waals surface area (Å²) in [6.07, 6.45) is 3.33. The zero-order valence-corrected chi connectivity index (χ0v) is 10.5. The predicted octanol–water partition coefficient (Wildman–Crippen LogP) is 4.12. The second kappa shape index (κ2) is 5.54. The number of aromatic hydroxyl groups is 1. The molecule has 0 unspecified atom stereocenters. The van der Waals surface area contributed by atoms with Gasteiger partial charge in [-0.1, -0.05) is 35.9 Å². The molecule has 19 heavy (non-hydrogen) atoms. The number of phenolic OH excluding ortho intramolecular Hbond substituents is 1. The first-order valence-corrected chi connectivity index (χ1v) is 5.85. The molecule has 2 aromatic rings. The van der Waals surface area contributed by atoms with Gasteiger partial charge in [0.05, 0.1) is 4.92 Å². The number of rotatable bonds is 3. The van der Waals surface area contributed by atoms with E-state index in [9.17, 15) is 15.2 Å². The average Bonchev–Trinajstić information content (AvgIpc) is 2.37. The van der Waals surface area contributed by atoms with E-state index in [-0.39, 0.29) is 11.4 Å². The van der Waals surface area contributed by atoms with E-state index in [2.05, 4.69) is 0 Å². The lowest BCUT2D eigenvalue weighted by Crippen LogP contribution is -1.88. The largest absolute Gasteiger partial charge is 0.507 e. The maximum atomic E-state index is 10.7. The Kier molecular flexibility index (Phi) is 3.82. The van der Waals surface area contributed by atoms with Crippen LogP contribution in [0.3, 0.4) is 0 Å². The van der Waals surface area contributed by atoms with Crippen LogP contribution in [0.4, 0.5) is 5.69 Å². The Morgan fingerprint density at radius 3 is 2.63 bits per heavy atom. The van der Waals surface area contributed by atoms with E-state index in [0.29, 0.717) is 10.6 Å². The molecule has 0 aliphatic heterocycles. The van der Waals surface area contributed by atoms with Crippen LogP contribution in [-0.4, -0.2) is 10.0 Å². The smallest absolute Gasteiger partial charge is 0.270 e. The summed E-state index contributed by atoms with van der Waals surface area (Å²) >= 11 is 5.85. The molecular weight excluding hydrogens is 266 g/mol. The number of non-ortho nitro benzene ring substituents is 1. The van der Waals surface area contributed by atoms with Gasteiger partial charge in [-0.2, -0.15) is 0 Å². The van der Waals surface area contributed by atoms with Gasteiger partial charge in [0.2, 0.25) is 0 Å². The van der Waals surface area contributed by atoms with Crippen molar-refractivity contribution in [2.75, 3.05) is 0 Å². The average molecular weight is 276 g/mol. The van der Waals surface area contributed by atoms with Crippen molar-refractivity contribution in [1.82, 2.24) is 0 Å². The number of halogens is 1. The van der Waals surface area contributed by atoms with Gasteiger partial charge in [0.1, 0.15) is 5.75 Å². The molecule has 0 atom stereocenters. The van der Waals surface area contributed by atoms with Gasteiger partial charge in [-0.3, -0.25) is 10.1 Å². The minimum absolute atomic E-state index is 0.0103.